The molecule has 3 saturated carbocycles. The molecule has 39 heavy (non-hydrogen) atoms. The Morgan fingerprint density at radius 2 is 1.87 bits per heavy atom. The molecule has 3 aliphatic carbocycles. The lowest BCUT2D eigenvalue weighted by Crippen LogP contribution is -2.54. The van der Waals surface area contributed by atoms with Crippen molar-refractivity contribution in [2.75, 3.05) is 6.54 Å². The van der Waals surface area contributed by atoms with Gasteiger partial charge in [0.1, 0.15) is 17.7 Å². The van der Waals surface area contributed by atoms with Gasteiger partial charge in [0.05, 0.1) is 0 Å². The smallest absolute Gasteiger partial charge is 0.353 e. The summed E-state index contributed by atoms with van der Waals surface area (Å²) < 4.78 is 58.1. The van der Waals surface area contributed by atoms with E-state index in [9.17, 15) is 22.4 Å². The fourth-order valence-corrected chi connectivity index (χ4v) is 7.98. The maximum absolute atomic E-state index is 14.2. The van der Waals surface area contributed by atoms with Gasteiger partial charge in [-0.15, -0.1) is 0 Å². The standard InChI is InChI=1S/C30H44F4N4O/c1-18-13-21(9-10-25(18)31)27(20-7-8-20)37-29(39)23-15-19(17-38-12-3-2-6-26(38)35)14-22(16-23)24-5-4-11-36-28(24)30(32,33)34/h2-3,6,12,18-25,27-28,35-36H,4-5,7-11,13-17H2,1H3,(H,37,39)/t18?,19?,21?,22?,23?,24?,25?,27-,28?/m0/s1. The van der Waals surface area contributed by atoms with Crippen LogP contribution in [0, 0.1) is 46.8 Å². The second kappa shape index (κ2) is 11.9. The van der Waals surface area contributed by atoms with E-state index in [4.69, 9.17) is 5.41 Å². The normalized spacial score (nSPS) is 36.7. The molecule has 0 radical (unpaired) electrons. The number of halogens is 4. The van der Waals surface area contributed by atoms with Crippen molar-refractivity contribution >= 4 is 5.91 Å². The number of rotatable bonds is 7. The van der Waals surface area contributed by atoms with Gasteiger partial charge in [-0.25, -0.2) is 4.39 Å². The molecule has 4 aliphatic rings. The number of alkyl halides is 4. The highest BCUT2D eigenvalue weighted by atomic mass is 19.4. The molecule has 1 aliphatic heterocycles. The van der Waals surface area contributed by atoms with Crippen LogP contribution in [0.25, 0.3) is 0 Å². The summed E-state index contributed by atoms with van der Waals surface area (Å²) >= 11 is 0. The van der Waals surface area contributed by atoms with Crippen molar-refractivity contribution in [2.45, 2.75) is 102 Å². The molecule has 5 nitrogen and oxygen atoms in total. The predicted molar refractivity (Wildman–Crippen MR) is 141 cm³/mol. The van der Waals surface area contributed by atoms with Gasteiger partial charge >= 0.3 is 6.18 Å². The van der Waals surface area contributed by atoms with Gasteiger partial charge in [-0.2, -0.15) is 13.2 Å². The highest BCUT2D eigenvalue weighted by Crippen LogP contribution is 2.46. The van der Waals surface area contributed by atoms with E-state index in [1.54, 1.807) is 12.1 Å². The van der Waals surface area contributed by atoms with Crippen LogP contribution in [0.2, 0.25) is 0 Å². The summed E-state index contributed by atoms with van der Waals surface area (Å²) in [6.45, 7) is 2.85. The van der Waals surface area contributed by atoms with Crippen LogP contribution in [0.5, 0.6) is 0 Å². The summed E-state index contributed by atoms with van der Waals surface area (Å²) in [5.41, 5.74) is 0.361. The average molecular weight is 553 g/mol. The molecule has 9 atom stereocenters. The Kier molecular flexibility index (Phi) is 8.74. The number of carbonyl (C=O) groups is 1. The number of amides is 1. The van der Waals surface area contributed by atoms with Crippen LogP contribution in [0.1, 0.15) is 71.1 Å². The minimum absolute atomic E-state index is 0.00888. The number of hydrogen-bond acceptors (Lipinski definition) is 3. The second-order valence-corrected chi connectivity index (χ2v) is 13.0. The van der Waals surface area contributed by atoms with Crippen LogP contribution in [0.4, 0.5) is 17.6 Å². The summed E-state index contributed by atoms with van der Waals surface area (Å²) in [4.78, 5) is 13.8. The first kappa shape index (κ1) is 28.6. The minimum atomic E-state index is -4.32. The molecule has 1 aromatic rings. The Labute approximate surface area is 229 Å². The van der Waals surface area contributed by atoms with Gasteiger partial charge in [0.2, 0.25) is 5.91 Å². The SMILES string of the molecule is CC1CC([C@@H](NC(=O)C2CC(Cn3ccccc3=N)CC(C3CCCNC3C(F)(F)F)C2)C2CC2)CCC1F. The number of carbonyl (C=O) groups excluding carboxylic acids is 1. The molecule has 0 bridgehead atoms. The number of nitrogens with one attached hydrogen (secondary N) is 3. The topological polar surface area (TPSA) is 69.9 Å². The van der Waals surface area contributed by atoms with Crippen molar-refractivity contribution in [3.63, 3.8) is 0 Å². The van der Waals surface area contributed by atoms with Crippen LogP contribution in [0.3, 0.4) is 0 Å². The molecule has 9 heteroatoms. The summed E-state index contributed by atoms with van der Waals surface area (Å²) in [5.74, 6) is -0.431. The zero-order chi connectivity index (χ0) is 27.7. The monoisotopic (exact) mass is 552 g/mol. The first-order valence-corrected chi connectivity index (χ1v) is 15.0. The van der Waals surface area contributed by atoms with Gasteiger partial charge in [-0.05, 0) is 118 Å². The highest BCUT2D eigenvalue weighted by Gasteiger charge is 2.50. The fraction of sp³-hybridized carbons (Fsp3) is 0.800. The summed E-state index contributed by atoms with van der Waals surface area (Å²) in [6, 6.07) is 3.87. The Morgan fingerprint density at radius 3 is 2.56 bits per heavy atom. The third-order valence-electron chi connectivity index (χ3n) is 10.1. The van der Waals surface area contributed by atoms with Gasteiger partial charge < -0.3 is 15.2 Å². The summed E-state index contributed by atoms with van der Waals surface area (Å²) in [6.07, 6.45) is 3.92. The third-order valence-corrected chi connectivity index (χ3v) is 10.1. The molecule has 1 saturated heterocycles. The van der Waals surface area contributed by atoms with Crippen LogP contribution >= 0.6 is 0 Å². The first-order chi connectivity index (χ1) is 18.6. The van der Waals surface area contributed by atoms with Crippen LogP contribution in [-0.2, 0) is 11.3 Å². The zero-order valence-corrected chi connectivity index (χ0v) is 22.9. The minimum Gasteiger partial charge on any atom is -0.353 e. The molecular formula is C30H44F4N4O. The number of pyridine rings is 1. The molecule has 1 amide bonds. The van der Waals surface area contributed by atoms with Crippen LogP contribution in [-0.4, -0.2) is 41.5 Å². The molecule has 3 N–H and O–H groups in total. The number of hydrogen-bond donors (Lipinski definition) is 3. The van der Waals surface area contributed by atoms with Gasteiger partial charge in [-0.3, -0.25) is 10.2 Å². The fourth-order valence-electron chi connectivity index (χ4n) is 7.98. The van der Waals surface area contributed by atoms with Crippen molar-refractivity contribution in [3.05, 3.63) is 29.9 Å². The van der Waals surface area contributed by atoms with E-state index in [-0.39, 0.29) is 41.5 Å². The molecule has 1 aromatic heterocycles. The molecule has 218 valence electrons. The Balaban J connectivity index is 1.34. The van der Waals surface area contributed by atoms with E-state index in [2.05, 4.69) is 10.6 Å². The molecule has 2 heterocycles. The summed E-state index contributed by atoms with van der Waals surface area (Å²) in [7, 11) is 0. The average Bonchev–Trinajstić information content (AvgIpc) is 3.75. The van der Waals surface area contributed by atoms with Gasteiger partial charge in [0.15, 0.2) is 0 Å². The van der Waals surface area contributed by atoms with E-state index in [1.165, 1.54) is 0 Å². The lowest BCUT2D eigenvalue weighted by atomic mass is 9.66. The second-order valence-electron chi connectivity index (χ2n) is 13.0. The third kappa shape index (κ3) is 6.88. The van der Waals surface area contributed by atoms with Gasteiger partial charge in [0.25, 0.3) is 0 Å². The number of piperidine rings is 1. The lowest BCUT2D eigenvalue weighted by Gasteiger charge is -2.44. The predicted octanol–water partition coefficient (Wildman–Crippen LogP) is 5.60. The quantitative estimate of drug-likeness (QED) is 0.386. The molecular weight excluding hydrogens is 508 g/mol. The Morgan fingerprint density at radius 1 is 1.10 bits per heavy atom. The number of aromatic nitrogens is 1. The van der Waals surface area contributed by atoms with Crippen molar-refractivity contribution < 1.29 is 22.4 Å². The zero-order valence-electron chi connectivity index (χ0n) is 22.9. The largest absolute Gasteiger partial charge is 0.404 e. The maximum atomic E-state index is 14.2. The van der Waals surface area contributed by atoms with Crippen molar-refractivity contribution in [2.24, 2.45) is 41.4 Å². The van der Waals surface area contributed by atoms with E-state index >= 15 is 0 Å². The van der Waals surface area contributed by atoms with Crippen molar-refractivity contribution in [1.29, 1.82) is 5.41 Å². The molecule has 0 aromatic carbocycles. The summed E-state index contributed by atoms with van der Waals surface area (Å²) in [5, 5.41) is 14.4. The molecule has 0 spiro atoms. The number of nitrogens with zero attached hydrogens (tertiary/aromatic N) is 1. The van der Waals surface area contributed by atoms with Gasteiger partial charge in [0, 0.05) is 24.7 Å². The van der Waals surface area contributed by atoms with Gasteiger partial charge in [-0.1, -0.05) is 13.0 Å². The first-order valence-electron chi connectivity index (χ1n) is 15.0. The van der Waals surface area contributed by atoms with Crippen molar-refractivity contribution in [1.82, 2.24) is 15.2 Å². The van der Waals surface area contributed by atoms with Crippen LogP contribution in [0.15, 0.2) is 24.4 Å². The van der Waals surface area contributed by atoms with E-state index in [1.807, 2.05) is 23.8 Å². The Hall–Kier alpha value is -1.90. The highest BCUT2D eigenvalue weighted by molar-refractivity contribution is 5.79. The maximum Gasteiger partial charge on any atom is 0.404 e. The van der Waals surface area contributed by atoms with E-state index in [0.29, 0.717) is 63.0 Å². The molecule has 5 rings (SSSR count). The molecule has 8 unspecified atom stereocenters. The van der Waals surface area contributed by atoms with Crippen molar-refractivity contribution in [3.8, 4) is 0 Å². The lowest BCUT2D eigenvalue weighted by molar-refractivity contribution is -0.179. The van der Waals surface area contributed by atoms with E-state index < -0.39 is 24.3 Å². The molecule has 4 fully saturated rings. The van der Waals surface area contributed by atoms with E-state index in [0.717, 1.165) is 25.7 Å². The van der Waals surface area contributed by atoms with Crippen LogP contribution < -0.4 is 16.1 Å². The Bertz CT molecular complexity index is 1040.